The van der Waals surface area contributed by atoms with Gasteiger partial charge >= 0.3 is 5.97 Å². The van der Waals surface area contributed by atoms with Crippen LogP contribution in [0.3, 0.4) is 0 Å². The van der Waals surface area contributed by atoms with Gasteiger partial charge in [0.25, 0.3) is 0 Å². The van der Waals surface area contributed by atoms with Crippen molar-refractivity contribution in [3.63, 3.8) is 0 Å². The molecule has 1 N–H and O–H groups in total. The molecule has 0 heterocycles. The molecule has 0 spiro atoms. The van der Waals surface area contributed by atoms with Gasteiger partial charge in [-0.25, -0.2) is 30.3 Å². The van der Waals surface area contributed by atoms with Crippen LogP contribution in [0.4, 0.5) is 0 Å². The molecular weight excluding hydrogens is 336 g/mol. The quantitative estimate of drug-likeness (QED) is 0.457. The summed E-state index contributed by atoms with van der Waals surface area (Å²) in [6.07, 6.45) is 1.22. The van der Waals surface area contributed by atoms with Crippen LogP contribution in [0, 0.1) is 41.5 Å². The van der Waals surface area contributed by atoms with Crippen molar-refractivity contribution in [2.75, 3.05) is 40.1 Å². The third-order valence-electron chi connectivity index (χ3n) is 0.704. The Morgan fingerprint density at radius 2 is 1.12 bits per heavy atom. The monoisotopic (exact) mass is 365 g/mol. The minimum Gasteiger partial charge on any atom is -0.478 e. The highest BCUT2D eigenvalue weighted by atomic mass is 16.7. The maximum atomic E-state index is 9.84. The zero-order chi connectivity index (χ0) is 21.5. The van der Waals surface area contributed by atoms with Crippen molar-refractivity contribution in [1.82, 2.24) is 0 Å². The molecule has 9 nitrogen and oxygen atoms in total. The van der Waals surface area contributed by atoms with Crippen molar-refractivity contribution >= 4 is 5.97 Å². The van der Waals surface area contributed by atoms with Crippen molar-refractivity contribution in [3.8, 4) is 0 Å². The molecule has 0 saturated heterocycles. The zero-order valence-corrected chi connectivity index (χ0v) is 14.7. The first-order valence-corrected chi connectivity index (χ1v) is 6.52. The minimum absolute atomic E-state index is 0.250. The topological polar surface area (TPSA) is 155 Å². The normalized spacial score (nSPS) is 8.96. The second-order valence-electron chi connectivity index (χ2n) is 2.46. The molecule has 0 amide bonds. The van der Waals surface area contributed by atoms with Gasteiger partial charge in [0.2, 0.25) is 0 Å². The number of carboxylic acids is 1. The van der Waals surface area contributed by atoms with Gasteiger partial charge in [-0.1, -0.05) is 0 Å². The number of methoxy groups -OCH3 is 1. The summed E-state index contributed by atoms with van der Waals surface area (Å²) in [7, 11) is 1.41. The molecule has 0 aliphatic heterocycles. The first kappa shape index (κ1) is 39.0. The van der Waals surface area contributed by atoms with Crippen LogP contribution in [0.25, 0.3) is 0 Å². The Morgan fingerprint density at radius 3 is 1.28 bits per heavy atom. The predicted octanol–water partition coefficient (Wildman–Crippen LogP) is 1.66. The lowest BCUT2D eigenvalue weighted by molar-refractivity contribution is -0.131. The first-order chi connectivity index (χ1) is 11.7. The number of aliphatic carboxylic acids is 1. The molecule has 25 heavy (non-hydrogen) atoms. The summed E-state index contributed by atoms with van der Waals surface area (Å²) >= 11 is 0. The van der Waals surface area contributed by atoms with Gasteiger partial charge in [-0.3, -0.25) is 0 Å². The Morgan fingerprint density at radius 1 is 0.880 bits per heavy atom. The van der Waals surface area contributed by atoms with Gasteiger partial charge in [-0.05, 0) is 34.6 Å². The molecule has 0 aromatic heterocycles. The molecule has 0 rings (SSSR count). The second-order valence-corrected chi connectivity index (χ2v) is 2.46. The van der Waals surface area contributed by atoms with Crippen molar-refractivity contribution in [2.24, 2.45) is 0 Å². The molecule has 0 aliphatic rings. The predicted molar refractivity (Wildman–Crippen MR) is 88.6 cm³/mol. The number of rotatable bonds is 4. The van der Waals surface area contributed by atoms with Crippen LogP contribution < -0.4 is 0 Å². The van der Waals surface area contributed by atoms with E-state index in [1.54, 1.807) is 0 Å². The average Bonchev–Trinajstić information content (AvgIpc) is 2.50. The van der Waals surface area contributed by atoms with Gasteiger partial charge in [0.05, 0.1) is 45.4 Å². The third kappa shape index (κ3) is 214. The summed E-state index contributed by atoms with van der Waals surface area (Å²) in [6.45, 7) is 16.8. The summed E-state index contributed by atoms with van der Waals surface area (Å²) in [5, 5.41) is 52.2. The number of ether oxygens (including phenoxy) is 2. The fourth-order valence-corrected chi connectivity index (χ4v) is 0.241. The first-order valence-electron chi connectivity index (χ1n) is 6.52. The zero-order valence-electron chi connectivity index (χ0n) is 14.7. The lowest BCUT2D eigenvalue weighted by Gasteiger charge is -2.06. The highest BCUT2D eigenvalue weighted by molar-refractivity contribution is 5.79. The number of hydrogen-bond donors (Lipinski definition) is 1. The van der Waals surface area contributed by atoms with Crippen LogP contribution >= 0.6 is 0 Å². The van der Waals surface area contributed by atoms with E-state index in [4.69, 9.17) is 30.6 Å². The highest BCUT2D eigenvalue weighted by Crippen LogP contribution is 1.89. The molecule has 0 aromatic carbocycles. The Bertz CT molecular complexity index is 188. The standard InChI is InChI=1S/C6H9O4.5C2H4O/c1-5(9-2)10-4-3-6(7)8;5*1-2-3/h3-5H,1H2,2H3,(H,7,8);5*1-2H2. The van der Waals surface area contributed by atoms with E-state index in [-0.39, 0.29) is 33.0 Å². The van der Waals surface area contributed by atoms with Gasteiger partial charge in [0.15, 0.2) is 6.29 Å². The van der Waals surface area contributed by atoms with Crippen molar-refractivity contribution in [2.45, 2.75) is 6.29 Å². The van der Waals surface area contributed by atoms with Crippen molar-refractivity contribution in [1.29, 1.82) is 0 Å². The Balaban J connectivity index is -0.0000000501. The average molecular weight is 365 g/mol. The fourth-order valence-electron chi connectivity index (χ4n) is 0.241. The molecule has 147 valence electrons. The Hall–Kier alpha value is -1.23. The summed E-state index contributed by atoms with van der Waals surface area (Å²) in [4.78, 5) is 9.84. The maximum absolute atomic E-state index is 9.84. The van der Waals surface area contributed by atoms with Crippen LogP contribution in [0.1, 0.15) is 0 Å². The van der Waals surface area contributed by atoms with Crippen LogP contribution in [-0.4, -0.2) is 57.5 Å². The molecule has 0 saturated carbocycles. The fraction of sp³-hybridized carbons (Fsp3) is 0.438. The van der Waals surface area contributed by atoms with E-state index in [1.165, 1.54) is 7.11 Å². The van der Waals surface area contributed by atoms with Crippen LogP contribution in [-0.2, 0) is 39.8 Å². The van der Waals surface area contributed by atoms with Crippen LogP contribution in [0.2, 0.25) is 0 Å². The number of carboxylic acid groups (broad SMARTS) is 1. The van der Waals surface area contributed by atoms with E-state index < -0.39 is 12.3 Å². The van der Waals surface area contributed by atoms with Gasteiger partial charge in [0.1, 0.15) is 0 Å². The summed E-state index contributed by atoms with van der Waals surface area (Å²) in [5.74, 6) is -1.07. The van der Waals surface area contributed by atoms with E-state index in [2.05, 4.69) is 51.0 Å². The minimum atomic E-state index is -1.07. The molecule has 9 heteroatoms. The lowest BCUT2D eigenvalue weighted by Crippen LogP contribution is -2.06. The largest absolute Gasteiger partial charge is 0.478 e. The van der Waals surface area contributed by atoms with E-state index in [0.29, 0.717) is 0 Å². The van der Waals surface area contributed by atoms with E-state index in [9.17, 15) is 4.79 Å². The SMILES string of the molecule is [CH2]C(OC)OC=CC(=O)O.[CH2]C[O].[CH2]C[O].[CH2]C[O].[CH2]C[O].[CH2]C[O]. The number of carbonyl (C=O) groups is 1. The van der Waals surface area contributed by atoms with Crippen LogP contribution in [0.5, 0.6) is 0 Å². The molecule has 0 bridgehead atoms. The molecule has 1 atom stereocenters. The molecular formula is C16H29O9. The summed E-state index contributed by atoms with van der Waals surface area (Å²) in [6, 6.07) is 0. The Labute approximate surface area is 152 Å². The van der Waals surface area contributed by atoms with Gasteiger partial charge in [0, 0.05) is 14.0 Å². The third-order valence-corrected chi connectivity index (χ3v) is 0.704. The van der Waals surface area contributed by atoms with Gasteiger partial charge in [-0.2, -0.15) is 0 Å². The van der Waals surface area contributed by atoms with Crippen molar-refractivity contribution < 1.29 is 44.9 Å². The van der Waals surface area contributed by atoms with E-state index >= 15 is 0 Å². The maximum Gasteiger partial charge on any atom is 0.331 e. The smallest absolute Gasteiger partial charge is 0.331 e. The van der Waals surface area contributed by atoms with Gasteiger partial charge in [-0.15, -0.1) is 0 Å². The highest BCUT2D eigenvalue weighted by Gasteiger charge is 1.93. The van der Waals surface area contributed by atoms with Crippen LogP contribution in [0.15, 0.2) is 12.3 Å². The van der Waals surface area contributed by atoms with E-state index in [0.717, 1.165) is 12.3 Å². The summed E-state index contributed by atoms with van der Waals surface area (Å²) < 4.78 is 9.16. The number of hydrogen-bond acceptors (Lipinski definition) is 3. The van der Waals surface area contributed by atoms with E-state index in [1.807, 2.05) is 0 Å². The molecule has 11 radical (unpaired) electrons. The van der Waals surface area contributed by atoms with Gasteiger partial charge < -0.3 is 14.6 Å². The molecule has 1 unspecified atom stereocenters. The lowest BCUT2D eigenvalue weighted by atomic mass is 10.6. The summed E-state index contributed by atoms with van der Waals surface area (Å²) in [5.41, 5.74) is 0. The molecule has 0 aliphatic carbocycles. The Kier molecular flexibility index (Phi) is 88.8. The molecule has 0 aromatic rings. The second kappa shape index (κ2) is 56.9. The van der Waals surface area contributed by atoms with Crippen molar-refractivity contribution in [3.05, 3.63) is 53.9 Å². The molecule has 0 fully saturated rings.